The van der Waals surface area contributed by atoms with E-state index in [0.29, 0.717) is 10.5 Å². The molecule has 1 amide bonds. The van der Waals surface area contributed by atoms with Crippen LogP contribution in [0.25, 0.3) is 22.1 Å². The monoisotopic (exact) mass is 439 g/mol. The number of hydrogen-bond donors (Lipinski definition) is 1. The normalized spacial score (nSPS) is 12.0. The van der Waals surface area contributed by atoms with E-state index in [9.17, 15) is 9.00 Å². The number of hydrogen-bond acceptors (Lipinski definition) is 3. The van der Waals surface area contributed by atoms with Gasteiger partial charge >= 0.3 is 0 Å². The van der Waals surface area contributed by atoms with Gasteiger partial charge in [-0.15, -0.1) is 0 Å². The molecular formula is C21H14BrNO3S. The predicted molar refractivity (Wildman–Crippen MR) is 110 cm³/mol. The van der Waals surface area contributed by atoms with Crippen molar-refractivity contribution in [3.63, 3.8) is 0 Å². The van der Waals surface area contributed by atoms with E-state index in [-0.39, 0.29) is 5.76 Å². The van der Waals surface area contributed by atoms with Crippen LogP contribution in [0.2, 0.25) is 0 Å². The van der Waals surface area contributed by atoms with Crippen LogP contribution in [0.5, 0.6) is 0 Å². The summed E-state index contributed by atoms with van der Waals surface area (Å²) in [5.41, 5.74) is 2.33. The summed E-state index contributed by atoms with van der Waals surface area (Å²) in [5.74, 6) is -0.405. The molecule has 4 rings (SSSR count). The Bertz CT molecular complexity index is 1150. The molecule has 1 heterocycles. The zero-order valence-corrected chi connectivity index (χ0v) is 16.4. The Morgan fingerprint density at radius 1 is 0.926 bits per heavy atom. The zero-order valence-electron chi connectivity index (χ0n) is 14.0. The summed E-state index contributed by atoms with van der Waals surface area (Å²) < 4.78 is 21.8. The first-order valence-corrected chi connectivity index (χ1v) is 10.1. The van der Waals surface area contributed by atoms with Crippen LogP contribution in [0.3, 0.4) is 0 Å². The van der Waals surface area contributed by atoms with Gasteiger partial charge in [-0.2, -0.15) is 0 Å². The fourth-order valence-corrected chi connectivity index (χ4v) is 4.10. The maximum Gasteiger partial charge on any atom is 0.298 e. The zero-order chi connectivity index (χ0) is 18.8. The lowest BCUT2D eigenvalue weighted by Crippen LogP contribution is -2.25. The Hall–Kier alpha value is -2.70. The largest absolute Gasteiger partial charge is 0.451 e. The minimum atomic E-state index is -1.72. The molecule has 6 heteroatoms. The van der Waals surface area contributed by atoms with E-state index < -0.39 is 16.9 Å². The van der Waals surface area contributed by atoms with E-state index in [1.807, 2.05) is 54.6 Å². The highest BCUT2D eigenvalue weighted by atomic mass is 79.9. The van der Waals surface area contributed by atoms with Crippen molar-refractivity contribution < 1.29 is 13.4 Å². The van der Waals surface area contributed by atoms with Crippen molar-refractivity contribution in [2.75, 3.05) is 0 Å². The molecule has 0 spiro atoms. The SMILES string of the molecule is O=C(NS(=O)c1ccccc1-c1ccccc1)c1cc2ccc(Br)cc2o1. The van der Waals surface area contributed by atoms with Crippen LogP contribution in [0.1, 0.15) is 10.6 Å². The molecule has 0 aliphatic rings. The van der Waals surface area contributed by atoms with Crippen molar-refractivity contribution in [1.29, 1.82) is 0 Å². The molecule has 1 N–H and O–H groups in total. The van der Waals surface area contributed by atoms with Crippen molar-refractivity contribution in [1.82, 2.24) is 4.72 Å². The van der Waals surface area contributed by atoms with E-state index in [2.05, 4.69) is 20.7 Å². The van der Waals surface area contributed by atoms with Gasteiger partial charge in [0, 0.05) is 9.86 Å². The number of benzene rings is 3. The van der Waals surface area contributed by atoms with Crippen LogP contribution in [-0.4, -0.2) is 10.1 Å². The summed E-state index contributed by atoms with van der Waals surface area (Å²) in [7, 11) is -1.72. The maximum atomic E-state index is 12.8. The molecule has 0 bridgehead atoms. The number of nitrogens with one attached hydrogen (secondary N) is 1. The van der Waals surface area contributed by atoms with Crippen LogP contribution < -0.4 is 4.72 Å². The molecule has 27 heavy (non-hydrogen) atoms. The average Bonchev–Trinajstić information content (AvgIpc) is 3.12. The van der Waals surface area contributed by atoms with Gasteiger partial charge < -0.3 is 4.42 Å². The van der Waals surface area contributed by atoms with Crippen molar-refractivity contribution in [3.8, 4) is 11.1 Å². The highest BCUT2D eigenvalue weighted by Crippen LogP contribution is 2.26. The molecule has 4 nitrogen and oxygen atoms in total. The summed E-state index contributed by atoms with van der Waals surface area (Å²) in [5, 5.41) is 0.804. The standard InChI is InChI=1S/C21H14BrNO3S/c22-16-11-10-15-12-19(26-18(15)13-16)21(24)23-27(25)20-9-5-4-8-17(20)14-6-2-1-3-7-14/h1-13H,(H,23,24). The van der Waals surface area contributed by atoms with E-state index in [4.69, 9.17) is 4.42 Å². The van der Waals surface area contributed by atoms with Gasteiger partial charge in [-0.25, -0.2) is 4.21 Å². The molecule has 1 unspecified atom stereocenters. The van der Waals surface area contributed by atoms with Gasteiger partial charge in [0.15, 0.2) is 16.7 Å². The molecule has 0 aliphatic heterocycles. The second-order valence-corrected chi connectivity index (χ2v) is 7.95. The lowest BCUT2D eigenvalue weighted by Gasteiger charge is -2.09. The first-order valence-electron chi connectivity index (χ1n) is 8.18. The van der Waals surface area contributed by atoms with Crippen LogP contribution >= 0.6 is 15.9 Å². The van der Waals surface area contributed by atoms with Crippen LogP contribution in [-0.2, 0) is 11.0 Å². The third kappa shape index (κ3) is 3.72. The fourth-order valence-electron chi connectivity index (χ4n) is 2.79. The summed E-state index contributed by atoms with van der Waals surface area (Å²) in [6.07, 6.45) is 0. The van der Waals surface area contributed by atoms with Crippen molar-refractivity contribution in [2.45, 2.75) is 4.90 Å². The molecule has 1 aromatic heterocycles. The van der Waals surface area contributed by atoms with E-state index in [1.54, 1.807) is 24.3 Å². The number of fused-ring (bicyclic) bond motifs is 1. The van der Waals surface area contributed by atoms with Gasteiger partial charge in [-0.05, 0) is 41.5 Å². The fraction of sp³-hybridized carbons (Fsp3) is 0. The third-order valence-corrected chi connectivity index (χ3v) is 5.68. The van der Waals surface area contributed by atoms with Gasteiger partial charge in [0.25, 0.3) is 5.91 Å². The molecule has 0 fully saturated rings. The number of amides is 1. The van der Waals surface area contributed by atoms with Gasteiger partial charge in [0.2, 0.25) is 0 Å². The molecule has 3 aromatic carbocycles. The first kappa shape index (κ1) is 17.7. The van der Waals surface area contributed by atoms with Crippen molar-refractivity contribution in [3.05, 3.63) is 89.1 Å². The molecule has 0 saturated heterocycles. The Labute approximate surface area is 166 Å². The molecule has 0 saturated carbocycles. The Morgan fingerprint density at radius 2 is 1.67 bits per heavy atom. The highest BCUT2D eigenvalue weighted by Gasteiger charge is 2.18. The summed E-state index contributed by atoms with van der Waals surface area (Å²) >= 11 is 3.37. The topological polar surface area (TPSA) is 59.3 Å². The second-order valence-electron chi connectivity index (χ2n) is 5.85. The molecule has 134 valence electrons. The minimum absolute atomic E-state index is 0.119. The van der Waals surface area contributed by atoms with Gasteiger partial charge in [0.1, 0.15) is 5.58 Å². The number of carbonyl (C=O) groups is 1. The smallest absolute Gasteiger partial charge is 0.298 e. The quantitative estimate of drug-likeness (QED) is 0.468. The van der Waals surface area contributed by atoms with E-state index in [1.165, 1.54) is 0 Å². The summed E-state index contributed by atoms with van der Waals surface area (Å²) in [6.45, 7) is 0. The Morgan fingerprint density at radius 3 is 2.48 bits per heavy atom. The Balaban J connectivity index is 1.61. The van der Waals surface area contributed by atoms with E-state index >= 15 is 0 Å². The number of halogens is 1. The molecular weight excluding hydrogens is 426 g/mol. The molecule has 1 atom stereocenters. The first-order chi connectivity index (χ1) is 13.1. The summed E-state index contributed by atoms with van der Waals surface area (Å²) in [4.78, 5) is 13.1. The molecule has 4 aromatic rings. The number of furan rings is 1. The highest BCUT2D eigenvalue weighted by molar-refractivity contribution is 9.10. The third-order valence-electron chi connectivity index (χ3n) is 4.06. The summed E-state index contributed by atoms with van der Waals surface area (Å²) in [6, 6.07) is 24.1. The second kappa shape index (κ2) is 7.50. The predicted octanol–water partition coefficient (Wildman–Crippen LogP) is 5.31. The van der Waals surface area contributed by atoms with Crippen LogP contribution in [0.15, 0.2) is 92.6 Å². The molecule has 0 radical (unpaired) electrons. The van der Waals surface area contributed by atoms with Crippen molar-refractivity contribution in [2.24, 2.45) is 0 Å². The van der Waals surface area contributed by atoms with Gasteiger partial charge in [-0.3, -0.25) is 9.52 Å². The van der Waals surface area contributed by atoms with Gasteiger partial charge in [0.05, 0.1) is 4.90 Å². The van der Waals surface area contributed by atoms with Crippen molar-refractivity contribution >= 4 is 43.8 Å². The number of carbonyl (C=O) groups excluding carboxylic acids is 1. The maximum absolute atomic E-state index is 12.8. The minimum Gasteiger partial charge on any atom is -0.451 e. The van der Waals surface area contributed by atoms with Crippen LogP contribution in [0, 0.1) is 0 Å². The average molecular weight is 440 g/mol. The Kier molecular flexibility index (Phi) is 4.92. The number of rotatable bonds is 4. The van der Waals surface area contributed by atoms with E-state index in [0.717, 1.165) is 21.0 Å². The lowest BCUT2D eigenvalue weighted by atomic mass is 10.1. The lowest BCUT2D eigenvalue weighted by molar-refractivity contribution is 0.0958. The van der Waals surface area contributed by atoms with Gasteiger partial charge in [-0.1, -0.05) is 64.5 Å². The molecule has 0 aliphatic carbocycles. The van der Waals surface area contributed by atoms with Crippen LogP contribution in [0.4, 0.5) is 0 Å².